The van der Waals surface area contributed by atoms with Crippen LogP contribution in [-0.4, -0.2) is 18.2 Å². The molecule has 110 valence electrons. The fourth-order valence-electron chi connectivity index (χ4n) is 2.68. The molecule has 3 rings (SSSR count). The third-order valence-electron chi connectivity index (χ3n) is 3.86. The first-order chi connectivity index (χ1) is 10.2. The SMILES string of the molecule is OC1(c2ccccc2Sc2ccc(Cl)cc2)CCNCC1. The largest absolute Gasteiger partial charge is 0.385 e. The molecule has 2 aromatic rings. The minimum absolute atomic E-state index is 0.721. The quantitative estimate of drug-likeness (QED) is 0.894. The molecule has 1 saturated heterocycles. The molecule has 0 radical (unpaired) electrons. The zero-order chi connectivity index (χ0) is 14.7. The van der Waals surface area contributed by atoms with E-state index < -0.39 is 5.60 Å². The van der Waals surface area contributed by atoms with Crippen molar-refractivity contribution < 1.29 is 5.11 Å². The number of aliphatic hydroxyl groups is 1. The summed E-state index contributed by atoms with van der Waals surface area (Å²) in [5.74, 6) is 0. The van der Waals surface area contributed by atoms with Crippen molar-refractivity contribution in [2.75, 3.05) is 13.1 Å². The van der Waals surface area contributed by atoms with Gasteiger partial charge in [0.1, 0.15) is 0 Å². The van der Waals surface area contributed by atoms with Crippen LogP contribution in [0.4, 0.5) is 0 Å². The topological polar surface area (TPSA) is 32.3 Å². The Labute approximate surface area is 134 Å². The van der Waals surface area contributed by atoms with Gasteiger partial charge in [0.15, 0.2) is 0 Å². The van der Waals surface area contributed by atoms with E-state index in [-0.39, 0.29) is 0 Å². The Morgan fingerprint density at radius 1 is 1.00 bits per heavy atom. The first-order valence-corrected chi connectivity index (χ1v) is 8.33. The van der Waals surface area contributed by atoms with Gasteiger partial charge in [0.25, 0.3) is 0 Å². The van der Waals surface area contributed by atoms with Crippen LogP contribution in [0.1, 0.15) is 18.4 Å². The van der Waals surface area contributed by atoms with E-state index in [4.69, 9.17) is 11.6 Å². The molecule has 1 heterocycles. The molecule has 1 fully saturated rings. The average molecular weight is 320 g/mol. The van der Waals surface area contributed by atoms with Gasteiger partial charge < -0.3 is 10.4 Å². The van der Waals surface area contributed by atoms with Crippen LogP contribution in [0, 0.1) is 0 Å². The van der Waals surface area contributed by atoms with Crippen molar-refractivity contribution in [3.63, 3.8) is 0 Å². The molecule has 0 amide bonds. The van der Waals surface area contributed by atoms with E-state index in [0.717, 1.165) is 46.3 Å². The molecule has 21 heavy (non-hydrogen) atoms. The van der Waals surface area contributed by atoms with E-state index in [1.54, 1.807) is 11.8 Å². The Balaban J connectivity index is 1.90. The summed E-state index contributed by atoms with van der Waals surface area (Å²) >= 11 is 7.61. The summed E-state index contributed by atoms with van der Waals surface area (Å²) in [5.41, 5.74) is 0.313. The normalized spacial score (nSPS) is 17.6. The molecule has 1 aliphatic heterocycles. The van der Waals surface area contributed by atoms with E-state index in [1.807, 2.05) is 42.5 Å². The summed E-state index contributed by atoms with van der Waals surface area (Å²) in [5, 5.41) is 15.0. The summed E-state index contributed by atoms with van der Waals surface area (Å²) in [6, 6.07) is 16.0. The number of hydrogen-bond acceptors (Lipinski definition) is 3. The van der Waals surface area contributed by atoms with Crippen LogP contribution in [0.2, 0.25) is 5.02 Å². The summed E-state index contributed by atoms with van der Waals surface area (Å²) in [7, 11) is 0. The van der Waals surface area contributed by atoms with Crippen molar-refractivity contribution in [1.29, 1.82) is 0 Å². The van der Waals surface area contributed by atoms with Crippen LogP contribution in [-0.2, 0) is 5.60 Å². The van der Waals surface area contributed by atoms with E-state index in [0.29, 0.717) is 0 Å². The number of piperidine rings is 1. The van der Waals surface area contributed by atoms with Crippen molar-refractivity contribution in [2.24, 2.45) is 0 Å². The third kappa shape index (κ3) is 3.43. The molecule has 0 unspecified atom stereocenters. The maximum absolute atomic E-state index is 11.0. The highest BCUT2D eigenvalue weighted by molar-refractivity contribution is 7.99. The lowest BCUT2D eigenvalue weighted by Gasteiger charge is -2.34. The molecule has 1 aliphatic rings. The van der Waals surface area contributed by atoms with Gasteiger partial charge in [-0.1, -0.05) is 41.6 Å². The van der Waals surface area contributed by atoms with Gasteiger partial charge in [-0.25, -0.2) is 0 Å². The highest BCUT2D eigenvalue weighted by Gasteiger charge is 2.33. The highest BCUT2D eigenvalue weighted by Crippen LogP contribution is 2.39. The molecule has 2 aromatic carbocycles. The van der Waals surface area contributed by atoms with Gasteiger partial charge in [-0.3, -0.25) is 0 Å². The zero-order valence-corrected chi connectivity index (χ0v) is 13.3. The van der Waals surface area contributed by atoms with Crippen LogP contribution in [0.25, 0.3) is 0 Å². The molecule has 2 N–H and O–H groups in total. The van der Waals surface area contributed by atoms with Gasteiger partial charge in [-0.2, -0.15) is 0 Å². The number of rotatable bonds is 3. The minimum Gasteiger partial charge on any atom is -0.385 e. The number of hydrogen-bond donors (Lipinski definition) is 2. The molecule has 2 nitrogen and oxygen atoms in total. The van der Waals surface area contributed by atoms with Gasteiger partial charge >= 0.3 is 0 Å². The van der Waals surface area contributed by atoms with Crippen molar-refractivity contribution in [3.8, 4) is 0 Å². The van der Waals surface area contributed by atoms with Gasteiger partial charge in [-0.15, -0.1) is 0 Å². The third-order valence-corrected chi connectivity index (χ3v) is 5.20. The lowest BCUT2D eigenvalue weighted by atomic mass is 9.85. The number of benzene rings is 2. The minimum atomic E-state index is -0.721. The van der Waals surface area contributed by atoms with Crippen molar-refractivity contribution in [1.82, 2.24) is 5.32 Å². The Bertz CT molecular complexity index is 608. The van der Waals surface area contributed by atoms with Gasteiger partial charge in [0, 0.05) is 14.8 Å². The fourth-order valence-corrected chi connectivity index (χ4v) is 3.85. The fraction of sp³-hybridized carbons (Fsp3) is 0.294. The molecule has 0 spiro atoms. The number of halogens is 1. The average Bonchev–Trinajstić information content (AvgIpc) is 2.51. The molecule has 0 atom stereocenters. The number of nitrogens with one attached hydrogen (secondary N) is 1. The van der Waals surface area contributed by atoms with E-state index in [1.165, 1.54) is 0 Å². The Morgan fingerprint density at radius 3 is 2.38 bits per heavy atom. The van der Waals surface area contributed by atoms with E-state index in [9.17, 15) is 5.11 Å². The second-order valence-electron chi connectivity index (χ2n) is 5.33. The molecular formula is C17H18ClNOS. The van der Waals surface area contributed by atoms with Gasteiger partial charge in [0.2, 0.25) is 0 Å². The van der Waals surface area contributed by atoms with Crippen LogP contribution in [0.3, 0.4) is 0 Å². The second-order valence-corrected chi connectivity index (χ2v) is 6.89. The maximum Gasteiger partial charge on any atom is 0.0931 e. The van der Waals surface area contributed by atoms with E-state index >= 15 is 0 Å². The molecule has 0 aromatic heterocycles. The smallest absolute Gasteiger partial charge is 0.0931 e. The molecular weight excluding hydrogens is 302 g/mol. The standard InChI is InChI=1S/C17H18ClNOS/c18-13-5-7-14(8-6-13)21-16-4-2-1-3-15(16)17(20)9-11-19-12-10-17/h1-8,19-20H,9-12H2. The Hall–Kier alpha value is -1.00. The van der Waals surface area contributed by atoms with E-state index in [2.05, 4.69) is 11.4 Å². The first-order valence-electron chi connectivity index (χ1n) is 7.13. The van der Waals surface area contributed by atoms with Crippen LogP contribution >= 0.6 is 23.4 Å². The molecule has 0 aliphatic carbocycles. The van der Waals surface area contributed by atoms with Gasteiger partial charge in [-0.05, 0) is 61.8 Å². The summed E-state index contributed by atoms with van der Waals surface area (Å²) in [6.45, 7) is 1.72. The predicted octanol–water partition coefficient (Wildman–Crippen LogP) is 4.06. The Morgan fingerprint density at radius 2 is 1.67 bits per heavy atom. The van der Waals surface area contributed by atoms with Crippen LogP contribution in [0.15, 0.2) is 58.3 Å². The summed E-state index contributed by atoms with van der Waals surface area (Å²) < 4.78 is 0. The molecule has 4 heteroatoms. The second kappa shape index (κ2) is 6.41. The van der Waals surface area contributed by atoms with Crippen molar-refractivity contribution >= 4 is 23.4 Å². The summed E-state index contributed by atoms with van der Waals surface area (Å²) in [6.07, 6.45) is 1.51. The lowest BCUT2D eigenvalue weighted by Crippen LogP contribution is -2.40. The predicted molar refractivity (Wildman–Crippen MR) is 88.0 cm³/mol. The van der Waals surface area contributed by atoms with Crippen LogP contribution < -0.4 is 5.32 Å². The Kier molecular flexibility index (Phi) is 4.55. The monoisotopic (exact) mass is 319 g/mol. The highest BCUT2D eigenvalue weighted by atomic mass is 35.5. The van der Waals surface area contributed by atoms with Crippen molar-refractivity contribution in [2.45, 2.75) is 28.2 Å². The summed E-state index contributed by atoms with van der Waals surface area (Å²) in [4.78, 5) is 2.24. The maximum atomic E-state index is 11.0. The van der Waals surface area contributed by atoms with Crippen molar-refractivity contribution in [3.05, 3.63) is 59.1 Å². The molecule has 0 saturated carbocycles. The zero-order valence-electron chi connectivity index (χ0n) is 11.7. The molecule has 0 bridgehead atoms. The first kappa shape index (κ1) is 14.9. The van der Waals surface area contributed by atoms with Crippen LogP contribution in [0.5, 0.6) is 0 Å². The lowest BCUT2D eigenvalue weighted by molar-refractivity contribution is 0.00351. The van der Waals surface area contributed by atoms with Gasteiger partial charge in [0.05, 0.1) is 5.60 Å².